The van der Waals surface area contributed by atoms with E-state index in [0.717, 1.165) is 48.5 Å². The Balaban J connectivity index is 1.85. The fraction of sp³-hybridized carbons (Fsp3) is 0.318. The van der Waals surface area contributed by atoms with Crippen LogP contribution in [0.1, 0.15) is 25.1 Å². The number of nitrogens with zero attached hydrogens (tertiary/aromatic N) is 2. The number of hydrogen-bond donors (Lipinski definition) is 0. The Bertz CT molecular complexity index is 952. The van der Waals surface area contributed by atoms with Crippen LogP contribution in [0.4, 0.5) is 8.78 Å². The van der Waals surface area contributed by atoms with Crippen molar-refractivity contribution in [1.82, 2.24) is 4.57 Å². The van der Waals surface area contributed by atoms with Crippen LogP contribution in [0.15, 0.2) is 54.7 Å². The topological polar surface area (TPSA) is 27.3 Å². The minimum atomic E-state index is -2.82. The SMILES string of the molecule is COc1ccccc1-n1c(-c2ccc(OC(F)F)cc2)c[n+]2c1CCCCC2. The molecule has 6 heteroatoms. The first kappa shape index (κ1) is 18.5. The number of aryl methyl sites for hydroxylation is 1. The van der Waals surface area contributed by atoms with Gasteiger partial charge in [0.05, 0.1) is 13.7 Å². The van der Waals surface area contributed by atoms with E-state index in [1.807, 2.05) is 36.4 Å². The van der Waals surface area contributed by atoms with Crippen molar-refractivity contribution in [3.63, 3.8) is 0 Å². The van der Waals surface area contributed by atoms with E-state index in [0.29, 0.717) is 0 Å². The van der Waals surface area contributed by atoms with Gasteiger partial charge in [-0.05, 0) is 55.7 Å². The van der Waals surface area contributed by atoms with Crippen molar-refractivity contribution in [3.8, 4) is 28.4 Å². The third-order valence-corrected chi connectivity index (χ3v) is 5.11. The minimum absolute atomic E-state index is 0.156. The number of hydrogen-bond acceptors (Lipinski definition) is 2. The van der Waals surface area contributed by atoms with Gasteiger partial charge < -0.3 is 9.47 Å². The molecule has 1 aliphatic heterocycles. The fourth-order valence-corrected chi connectivity index (χ4v) is 3.83. The molecule has 1 aromatic heterocycles. The molecule has 0 spiro atoms. The standard InChI is InChI=1S/C22H23F2N2O2/c1-27-20-8-5-4-7-18(20)26-19(15-25-14-6-2-3-9-21(25)26)16-10-12-17(13-11-16)28-22(23)24/h4-5,7-8,10-13,15,22H,2-3,6,9,14H2,1H3/q+1. The largest absolute Gasteiger partial charge is 0.492 e. The Labute approximate surface area is 163 Å². The van der Waals surface area contributed by atoms with Gasteiger partial charge in [0.2, 0.25) is 0 Å². The Morgan fingerprint density at radius 2 is 1.79 bits per heavy atom. The predicted molar refractivity (Wildman–Crippen MR) is 102 cm³/mol. The Hall–Kier alpha value is -2.89. The van der Waals surface area contributed by atoms with Gasteiger partial charge in [0.15, 0.2) is 17.1 Å². The van der Waals surface area contributed by atoms with Crippen LogP contribution in [-0.2, 0) is 13.0 Å². The van der Waals surface area contributed by atoms with Crippen molar-refractivity contribution in [3.05, 3.63) is 60.6 Å². The van der Waals surface area contributed by atoms with Crippen LogP contribution < -0.4 is 14.0 Å². The van der Waals surface area contributed by atoms with E-state index in [2.05, 4.69) is 20.1 Å². The molecule has 28 heavy (non-hydrogen) atoms. The third kappa shape index (κ3) is 3.59. The summed E-state index contributed by atoms with van der Waals surface area (Å²) in [5.74, 6) is 2.18. The molecular formula is C22H23F2N2O2+. The highest BCUT2D eigenvalue weighted by atomic mass is 19.3. The smallest absolute Gasteiger partial charge is 0.387 e. The summed E-state index contributed by atoms with van der Waals surface area (Å²) in [6.07, 6.45) is 6.62. The molecule has 146 valence electrons. The lowest BCUT2D eigenvalue weighted by molar-refractivity contribution is -0.702. The third-order valence-electron chi connectivity index (χ3n) is 5.11. The average molecular weight is 385 g/mol. The normalized spacial score (nSPS) is 13.9. The first-order chi connectivity index (χ1) is 13.7. The van der Waals surface area contributed by atoms with Crippen LogP contribution >= 0.6 is 0 Å². The minimum Gasteiger partial charge on any atom is -0.492 e. The van der Waals surface area contributed by atoms with E-state index in [1.54, 1.807) is 19.2 Å². The quantitative estimate of drug-likeness (QED) is 0.592. The van der Waals surface area contributed by atoms with Gasteiger partial charge in [0.1, 0.15) is 11.9 Å². The molecule has 0 amide bonds. The number of fused-ring (bicyclic) bond motifs is 1. The lowest BCUT2D eigenvalue weighted by Crippen LogP contribution is -2.35. The Morgan fingerprint density at radius 3 is 2.54 bits per heavy atom. The van der Waals surface area contributed by atoms with Crippen LogP contribution in [0, 0.1) is 0 Å². The molecule has 0 saturated carbocycles. The molecule has 0 fully saturated rings. The number of aromatic nitrogens is 2. The van der Waals surface area contributed by atoms with Crippen LogP contribution in [0.2, 0.25) is 0 Å². The monoisotopic (exact) mass is 385 g/mol. The molecule has 2 aromatic carbocycles. The first-order valence-corrected chi connectivity index (χ1v) is 9.50. The van der Waals surface area contributed by atoms with Crippen molar-refractivity contribution in [2.24, 2.45) is 0 Å². The molecule has 0 unspecified atom stereocenters. The molecule has 0 N–H and O–H groups in total. The molecule has 4 rings (SSSR count). The van der Waals surface area contributed by atoms with Crippen LogP contribution in [0.5, 0.6) is 11.5 Å². The molecule has 0 atom stereocenters. The number of imidazole rings is 1. The second kappa shape index (κ2) is 8.00. The Morgan fingerprint density at radius 1 is 1.00 bits per heavy atom. The van der Waals surface area contributed by atoms with Gasteiger partial charge in [-0.1, -0.05) is 12.1 Å². The van der Waals surface area contributed by atoms with Crippen molar-refractivity contribution in [2.45, 2.75) is 38.8 Å². The summed E-state index contributed by atoms with van der Waals surface area (Å²) >= 11 is 0. The number of methoxy groups -OCH3 is 1. The zero-order valence-electron chi connectivity index (χ0n) is 15.8. The molecule has 2 heterocycles. The number of halogens is 2. The van der Waals surface area contributed by atoms with E-state index in [4.69, 9.17) is 4.74 Å². The van der Waals surface area contributed by atoms with Crippen LogP contribution in [0.3, 0.4) is 0 Å². The lowest BCUT2D eigenvalue weighted by atomic mass is 10.1. The summed E-state index contributed by atoms with van der Waals surface area (Å²) in [7, 11) is 1.67. The molecule has 0 radical (unpaired) electrons. The summed E-state index contributed by atoms with van der Waals surface area (Å²) in [6.45, 7) is -1.85. The van der Waals surface area contributed by atoms with Gasteiger partial charge in [-0.15, -0.1) is 0 Å². The highest BCUT2D eigenvalue weighted by Gasteiger charge is 2.28. The zero-order chi connectivity index (χ0) is 19.5. The van der Waals surface area contributed by atoms with Crippen LogP contribution in [0.25, 0.3) is 16.9 Å². The highest BCUT2D eigenvalue weighted by molar-refractivity contribution is 5.64. The molecule has 0 aliphatic carbocycles. The second-order valence-corrected chi connectivity index (χ2v) is 6.84. The second-order valence-electron chi connectivity index (χ2n) is 6.84. The van der Waals surface area contributed by atoms with E-state index >= 15 is 0 Å². The van der Waals surface area contributed by atoms with Crippen molar-refractivity contribution in [2.75, 3.05) is 7.11 Å². The summed E-state index contributed by atoms with van der Waals surface area (Å²) in [4.78, 5) is 0. The number of benzene rings is 2. The maximum atomic E-state index is 12.5. The number of alkyl halides is 2. The molecular weight excluding hydrogens is 362 g/mol. The van der Waals surface area contributed by atoms with Crippen molar-refractivity contribution in [1.29, 1.82) is 0 Å². The maximum Gasteiger partial charge on any atom is 0.387 e. The van der Waals surface area contributed by atoms with E-state index in [1.165, 1.54) is 12.2 Å². The number of para-hydroxylation sites is 2. The van der Waals surface area contributed by atoms with Crippen molar-refractivity contribution < 1.29 is 22.8 Å². The van der Waals surface area contributed by atoms with Gasteiger partial charge in [0, 0.05) is 12.0 Å². The summed E-state index contributed by atoms with van der Waals surface area (Å²) in [5, 5.41) is 0. The summed E-state index contributed by atoms with van der Waals surface area (Å²) in [6, 6.07) is 14.7. The average Bonchev–Trinajstić information content (AvgIpc) is 2.90. The van der Waals surface area contributed by atoms with Gasteiger partial charge >= 0.3 is 6.61 Å². The van der Waals surface area contributed by atoms with E-state index in [-0.39, 0.29) is 5.75 Å². The fourth-order valence-electron chi connectivity index (χ4n) is 3.83. The maximum absolute atomic E-state index is 12.5. The van der Waals surface area contributed by atoms with Crippen LogP contribution in [-0.4, -0.2) is 18.3 Å². The Kier molecular flexibility index (Phi) is 5.28. The van der Waals surface area contributed by atoms with Gasteiger partial charge in [-0.2, -0.15) is 13.3 Å². The number of ether oxygens (including phenoxy) is 2. The highest BCUT2D eigenvalue weighted by Crippen LogP contribution is 2.32. The molecule has 1 aliphatic rings. The van der Waals surface area contributed by atoms with Crippen molar-refractivity contribution >= 4 is 0 Å². The predicted octanol–water partition coefficient (Wildman–Crippen LogP) is 4.77. The van der Waals surface area contributed by atoms with Gasteiger partial charge in [0.25, 0.3) is 5.82 Å². The molecule has 4 nitrogen and oxygen atoms in total. The first-order valence-electron chi connectivity index (χ1n) is 9.50. The molecule has 3 aromatic rings. The van der Waals surface area contributed by atoms with Gasteiger partial charge in [-0.3, -0.25) is 0 Å². The van der Waals surface area contributed by atoms with E-state index in [9.17, 15) is 8.78 Å². The lowest BCUT2D eigenvalue weighted by Gasteiger charge is -2.10. The molecule has 0 saturated heterocycles. The van der Waals surface area contributed by atoms with E-state index < -0.39 is 6.61 Å². The summed E-state index contributed by atoms with van der Waals surface area (Å²) < 4.78 is 39.6. The number of rotatable bonds is 5. The summed E-state index contributed by atoms with van der Waals surface area (Å²) in [5.41, 5.74) is 2.92. The molecule has 0 bridgehead atoms. The van der Waals surface area contributed by atoms with Gasteiger partial charge in [-0.25, -0.2) is 4.57 Å². The zero-order valence-corrected chi connectivity index (χ0v) is 15.8.